The number of benzene rings is 9. The molecule has 0 saturated carbocycles. The van der Waals surface area contributed by atoms with Gasteiger partial charge in [-0.2, -0.15) is 0 Å². The molecule has 0 aliphatic rings. The van der Waals surface area contributed by atoms with Crippen LogP contribution in [-0.4, -0.2) is 15.0 Å². The predicted molar refractivity (Wildman–Crippen MR) is 239 cm³/mol. The lowest BCUT2D eigenvalue weighted by molar-refractivity contribution is 0.672. The Bertz CT molecular complexity index is 3210. The van der Waals surface area contributed by atoms with Gasteiger partial charge in [0.15, 0.2) is 17.5 Å². The van der Waals surface area contributed by atoms with Crippen LogP contribution in [0.25, 0.3) is 88.8 Å². The van der Waals surface area contributed by atoms with Gasteiger partial charge in [-0.3, -0.25) is 0 Å². The van der Waals surface area contributed by atoms with Crippen molar-refractivity contribution < 1.29 is 4.42 Å². The molecular formula is C53H34N4O. The molecule has 0 bridgehead atoms. The Hall–Kier alpha value is -7.89. The van der Waals surface area contributed by atoms with Gasteiger partial charge < -0.3 is 9.32 Å². The highest BCUT2D eigenvalue weighted by molar-refractivity contribution is 6.23. The summed E-state index contributed by atoms with van der Waals surface area (Å²) in [4.78, 5) is 17.2. The summed E-state index contributed by atoms with van der Waals surface area (Å²) < 4.78 is 6.81. The van der Waals surface area contributed by atoms with Crippen molar-refractivity contribution in [3.8, 4) is 45.3 Å². The van der Waals surface area contributed by atoms with Crippen molar-refractivity contribution in [2.45, 2.75) is 0 Å². The Morgan fingerprint density at radius 3 is 1.60 bits per heavy atom. The highest BCUT2D eigenvalue weighted by Gasteiger charge is 2.23. The summed E-state index contributed by atoms with van der Waals surface area (Å²) in [6, 6.07) is 71.7. The first-order chi connectivity index (χ1) is 28.7. The monoisotopic (exact) mass is 742 g/mol. The topological polar surface area (TPSA) is 55.1 Å². The standard InChI is InChI=1S/C53H34N4O/c1-4-16-37(17-5-1)51-54-52(38-18-6-2-7-19-38)56-53(55-51)39-29-27-36(28-30-39)43-24-14-25-44-46(43)34-47(49-45-23-12-13-26-48(45)58-50(44)49)57(41-21-8-3-9-22-41)42-32-31-35-15-10-11-20-40(35)33-42/h1-34H. The zero-order chi connectivity index (χ0) is 38.4. The van der Waals surface area contributed by atoms with Crippen molar-refractivity contribution in [2.75, 3.05) is 4.90 Å². The summed E-state index contributed by atoms with van der Waals surface area (Å²) in [5.41, 5.74) is 9.87. The lowest BCUT2D eigenvalue weighted by atomic mass is 9.94. The van der Waals surface area contributed by atoms with E-state index < -0.39 is 0 Å². The molecule has 11 rings (SSSR count). The number of aromatic nitrogens is 3. The van der Waals surface area contributed by atoms with Gasteiger partial charge in [0.1, 0.15) is 11.2 Å². The maximum atomic E-state index is 6.81. The zero-order valence-corrected chi connectivity index (χ0v) is 31.3. The second-order valence-electron chi connectivity index (χ2n) is 14.4. The third-order valence-electron chi connectivity index (χ3n) is 10.9. The molecule has 2 aromatic heterocycles. The average molecular weight is 743 g/mol. The van der Waals surface area contributed by atoms with E-state index in [-0.39, 0.29) is 0 Å². The number of para-hydroxylation sites is 2. The van der Waals surface area contributed by atoms with Gasteiger partial charge in [0, 0.05) is 38.8 Å². The fourth-order valence-electron chi connectivity index (χ4n) is 8.10. The molecule has 0 unspecified atom stereocenters. The smallest absolute Gasteiger partial charge is 0.164 e. The van der Waals surface area contributed by atoms with Crippen molar-refractivity contribution in [1.82, 2.24) is 15.0 Å². The lowest BCUT2D eigenvalue weighted by Gasteiger charge is -2.27. The molecule has 272 valence electrons. The van der Waals surface area contributed by atoms with Crippen LogP contribution in [0.5, 0.6) is 0 Å². The molecule has 58 heavy (non-hydrogen) atoms. The Morgan fingerprint density at radius 2 is 0.914 bits per heavy atom. The number of furan rings is 1. The van der Waals surface area contributed by atoms with Crippen LogP contribution in [0.1, 0.15) is 0 Å². The third-order valence-corrected chi connectivity index (χ3v) is 10.9. The van der Waals surface area contributed by atoms with Crippen LogP contribution in [0.4, 0.5) is 17.1 Å². The van der Waals surface area contributed by atoms with Crippen LogP contribution < -0.4 is 4.90 Å². The second kappa shape index (κ2) is 14.0. The summed E-state index contributed by atoms with van der Waals surface area (Å²) in [5, 5.41) is 6.68. The van der Waals surface area contributed by atoms with Gasteiger partial charge in [-0.25, -0.2) is 15.0 Å². The minimum atomic E-state index is 0.623. The summed E-state index contributed by atoms with van der Waals surface area (Å²) in [6.45, 7) is 0. The molecule has 0 atom stereocenters. The molecule has 11 aromatic rings. The Balaban J connectivity index is 1.10. The van der Waals surface area contributed by atoms with Crippen molar-refractivity contribution in [1.29, 1.82) is 0 Å². The molecule has 0 aliphatic heterocycles. The molecule has 0 saturated heterocycles. The molecule has 5 nitrogen and oxygen atoms in total. The van der Waals surface area contributed by atoms with Gasteiger partial charge in [-0.05, 0) is 63.7 Å². The summed E-state index contributed by atoms with van der Waals surface area (Å²) in [5.74, 6) is 1.90. The molecule has 0 aliphatic carbocycles. The molecule has 5 heteroatoms. The van der Waals surface area contributed by atoms with E-state index in [1.165, 1.54) is 10.8 Å². The lowest BCUT2D eigenvalue weighted by Crippen LogP contribution is -2.10. The molecule has 2 heterocycles. The minimum Gasteiger partial charge on any atom is -0.455 e. The van der Waals surface area contributed by atoms with E-state index in [2.05, 4.69) is 144 Å². The molecule has 0 fully saturated rings. The molecule has 0 radical (unpaired) electrons. The van der Waals surface area contributed by atoms with Crippen LogP contribution in [-0.2, 0) is 0 Å². The second-order valence-corrected chi connectivity index (χ2v) is 14.4. The first kappa shape index (κ1) is 33.4. The molecule has 0 N–H and O–H groups in total. The van der Waals surface area contributed by atoms with Gasteiger partial charge in [0.05, 0.1) is 11.1 Å². The Morgan fingerprint density at radius 1 is 0.362 bits per heavy atom. The van der Waals surface area contributed by atoms with Crippen molar-refractivity contribution in [3.05, 3.63) is 206 Å². The van der Waals surface area contributed by atoms with Crippen LogP contribution in [0, 0.1) is 0 Å². The number of nitrogens with zero attached hydrogens (tertiary/aromatic N) is 4. The predicted octanol–water partition coefficient (Wildman–Crippen LogP) is 14.2. The Kier molecular flexibility index (Phi) is 8.07. The number of anilines is 3. The van der Waals surface area contributed by atoms with E-state index in [4.69, 9.17) is 19.4 Å². The highest BCUT2D eigenvalue weighted by Crippen LogP contribution is 2.48. The maximum absolute atomic E-state index is 6.81. The molecule has 0 spiro atoms. The van der Waals surface area contributed by atoms with E-state index in [1.807, 2.05) is 66.7 Å². The number of hydrogen-bond donors (Lipinski definition) is 0. The fourth-order valence-corrected chi connectivity index (χ4v) is 8.10. The van der Waals surface area contributed by atoms with Crippen LogP contribution in [0.3, 0.4) is 0 Å². The van der Waals surface area contributed by atoms with Gasteiger partial charge in [0.2, 0.25) is 0 Å². The van der Waals surface area contributed by atoms with Gasteiger partial charge in [0.25, 0.3) is 0 Å². The number of fused-ring (bicyclic) bond motifs is 6. The molecular weight excluding hydrogens is 709 g/mol. The summed E-state index contributed by atoms with van der Waals surface area (Å²) in [7, 11) is 0. The van der Waals surface area contributed by atoms with E-state index in [0.717, 1.165) is 77.6 Å². The normalized spacial score (nSPS) is 11.4. The fraction of sp³-hybridized carbons (Fsp3) is 0. The van der Waals surface area contributed by atoms with Crippen LogP contribution >= 0.6 is 0 Å². The van der Waals surface area contributed by atoms with Crippen LogP contribution in [0.2, 0.25) is 0 Å². The Labute approximate surface area is 335 Å². The van der Waals surface area contributed by atoms with Crippen molar-refractivity contribution >= 4 is 60.5 Å². The molecule has 9 aromatic carbocycles. The summed E-state index contributed by atoms with van der Waals surface area (Å²) in [6.07, 6.45) is 0. The van der Waals surface area contributed by atoms with E-state index >= 15 is 0 Å². The minimum absolute atomic E-state index is 0.623. The highest BCUT2D eigenvalue weighted by atomic mass is 16.3. The van der Waals surface area contributed by atoms with E-state index in [9.17, 15) is 0 Å². The first-order valence-electron chi connectivity index (χ1n) is 19.4. The van der Waals surface area contributed by atoms with Crippen LogP contribution in [0.15, 0.2) is 211 Å². The maximum Gasteiger partial charge on any atom is 0.164 e. The van der Waals surface area contributed by atoms with E-state index in [1.54, 1.807) is 0 Å². The third kappa shape index (κ3) is 5.85. The van der Waals surface area contributed by atoms with E-state index in [0.29, 0.717) is 17.5 Å². The van der Waals surface area contributed by atoms with Gasteiger partial charge in [-0.15, -0.1) is 0 Å². The van der Waals surface area contributed by atoms with Crippen molar-refractivity contribution in [3.63, 3.8) is 0 Å². The largest absolute Gasteiger partial charge is 0.455 e. The molecule has 0 amide bonds. The number of hydrogen-bond acceptors (Lipinski definition) is 5. The van der Waals surface area contributed by atoms with Gasteiger partial charge in [-0.1, -0.05) is 170 Å². The first-order valence-corrected chi connectivity index (χ1v) is 19.4. The average Bonchev–Trinajstić information content (AvgIpc) is 3.70. The number of rotatable bonds is 7. The SMILES string of the molecule is c1ccc(-c2nc(-c3ccccc3)nc(-c3ccc(-c4cccc5c4cc(N(c4ccccc4)c4ccc6ccccc6c4)c4c6ccccc6oc54)cc3)n2)cc1. The summed E-state index contributed by atoms with van der Waals surface area (Å²) >= 11 is 0. The van der Waals surface area contributed by atoms with Gasteiger partial charge >= 0.3 is 0 Å². The van der Waals surface area contributed by atoms with Crippen molar-refractivity contribution in [2.24, 2.45) is 0 Å². The zero-order valence-electron chi connectivity index (χ0n) is 31.3. The quantitative estimate of drug-likeness (QED) is 0.163.